The smallest absolute Gasteiger partial charge is 0.0980 e. The van der Waals surface area contributed by atoms with Crippen LogP contribution in [0, 0.1) is 6.07 Å². The summed E-state index contributed by atoms with van der Waals surface area (Å²) in [5, 5.41) is 0. The molecular weight excluding hydrogens is 112 g/mol. The number of hydrogen-bond acceptors (Lipinski definition) is 1. The molecule has 0 aromatic heterocycles. The average molecular weight is 117 g/mol. The summed E-state index contributed by atoms with van der Waals surface area (Å²) >= 11 is 0. The third-order valence-corrected chi connectivity index (χ3v) is 1.32. The fourth-order valence-electron chi connectivity index (χ4n) is 0.861. The highest BCUT2D eigenvalue weighted by Crippen LogP contribution is 2.20. The predicted molar refractivity (Wildman–Crippen MR) is 34.2 cm³/mol. The van der Waals surface area contributed by atoms with E-state index < -0.39 is 0 Å². The molecule has 0 aromatic carbocycles. The normalized spacial score (nSPS) is 10.2. The number of rotatable bonds is 0. The molecule has 2 rings (SSSR count). The second-order valence-corrected chi connectivity index (χ2v) is 1.90. The van der Waals surface area contributed by atoms with E-state index in [1.807, 2.05) is 18.2 Å². The van der Waals surface area contributed by atoms with Crippen LogP contribution in [-0.4, -0.2) is 0 Å². The first-order valence-electron chi connectivity index (χ1n) is 2.79. The van der Waals surface area contributed by atoms with Gasteiger partial charge in [-0.25, -0.2) is 0 Å². The topological polar surface area (TPSA) is 13.1 Å². The first-order chi connectivity index (χ1) is 4.47. The molecule has 1 nitrogen and oxygen atoms in total. The predicted octanol–water partition coefficient (Wildman–Crippen LogP) is 2.18. The molecule has 2 aliphatic rings. The Hall–Kier alpha value is -1.24. The molecule has 43 valence electrons. The zero-order valence-corrected chi connectivity index (χ0v) is 4.79. The molecule has 0 atom stereocenters. The van der Waals surface area contributed by atoms with Crippen LogP contribution in [0.15, 0.2) is 35.1 Å². The molecule has 1 radical (unpaired) electrons. The standard InChI is InChI=1S/C8H5O/c1-2-7-4-5-9-6-8(7)3-1/h1,3-6H. The Balaban J connectivity index is 2.79. The maximum Gasteiger partial charge on any atom is 0.0980 e. The molecule has 1 heterocycles. The summed E-state index contributed by atoms with van der Waals surface area (Å²) in [5.41, 5.74) is 2.22. The van der Waals surface area contributed by atoms with Gasteiger partial charge in [0.1, 0.15) is 0 Å². The Morgan fingerprint density at radius 2 is 2.33 bits per heavy atom. The quantitative estimate of drug-likeness (QED) is 0.515. The summed E-state index contributed by atoms with van der Waals surface area (Å²) < 4.78 is 4.93. The molecule has 0 saturated heterocycles. The Labute approximate surface area is 53.3 Å². The molecule has 0 spiro atoms. The SMILES string of the molecule is [c]1ccc2coccc1-2. The van der Waals surface area contributed by atoms with E-state index in [4.69, 9.17) is 4.42 Å². The number of fused-ring (bicyclic) bond motifs is 1. The summed E-state index contributed by atoms with van der Waals surface area (Å²) in [6, 6.07) is 8.82. The lowest BCUT2D eigenvalue weighted by molar-refractivity contribution is 0.552. The maximum atomic E-state index is 4.93. The van der Waals surface area contributed by atoms with Gasteiger partial charge in [-0.15, -0.1) is 0 Å². The summed E-state index contributed by atoms with van der Waals surface area (Å²) in [6.07, 6.45) is 3.37. The van der Waals surface area contributed by atoms with Gasteiger partial charge in [-0.05, 0) is 17.7 Å². The summed E-state index contributed by atoms with van der Waals surface area (Å²) in [6.45, 7) is 0. The first kappa shape index (κ1) is 4.62. The monoisotopic (exact) mass is 117 g/mol. The Bertz CT molecular complexity index is 245. The highest BCUT2D eigenvalue weighted by Gasteiger charge is 1.98. The third-order valence-electron chi connectivity index (χ3n) is 1.32. The van der Waals surface area contributed by atoms with Gasteiger partial charge in [-0.2, -0.15) is 0 Å². The van der Waals surface area contributed by atoms with Gasteiger partial charge >= 0.3 is 0 Å². The van der Waals surface area contributed by atoms with Gasteiger partial charge in [0, 0.05) is 5.56 Å². The van der Waals surface area contributed by atoms with Crippen molar-refractivity contribution in [3.8, 4) is 11.1 Å². The summed E-state index contributed by atoms with van der Waals surface area (Å²) in [4.78, 5) is 0. The van der Waals surface area contributed by atoms with Crippen LogP contribution in [0.5, 0.6) is 0 Å². The van der Waals surface area contributed by atoms with Gasteiger partial charge < -0.3 is 4.42 Å². The molecule has 1 aliphatic heterocycles. The molecule has 9 heavy (non-hydrogen) atoms. The average Bonchev–Trinajstić information content (AvgIpc) is 2.33. The van der Waals surface area contributed by atoms with Gasteiger partial charge in [0.15, 0.2) is 0 Å². The summed E-state index contributed by atoms with van der Waals surface area (Å²) in [7, 11) is 0. The van der Waals surface area contributed by atoms with Gasteiger partial charge in [-0.3, -0.25) is 0 Å². The molecule has 0 amide bonds. The van der Waals surface area contributed by atoms with E-state index in [9.17, 15) is 0 Å². The lowest BCUT2D eigenvalue weighted by Crippen LogP contribution is -1.67. The van der Waals surface area contributed by atoms with Crippen LogP contribution in [0.25, 0.3) is 11.1 Å². The number of hydrogen-bond donors (Lipinski definition) is 0. The minimum Gasteiger partial charge on any atom is -0.472 e. The molecule has 1 heteroatoms. The van der Waals surface area contributed by atoms with Crippen molar-refractivity contribution < 1.29 is 4.42 Å². The second kappa shape index (κ2) is 1.62. The summed E-state index contributed by atoms with van der Waals surface area (Å²) in [5.74, 6) is 0. The van der Waals surface area contributed by atoms with E-state index in [-0.39, 0.29) is 0 Å². The van der Waals surface area contributed by atoms with Crippen LogP contribution < -0.4 is 0 Å². The third kappa shape index (κ3) is 0.617. The molecular formula is C8H5O. The van der Waals surface area contributed by atoms with E-state index in [0.717, 1.165) is 11.1 Å². The van der Waals surface area contributed by atoms with Crippen molar-refractivity contribution in [3.63, 3.8) is 0 Å². The zero-order chi connectivity index (χ0) is 6.10. The van der Waals surface area contributed by atoms with Crippen molar-refractivity contribution in [1.29, 1.82) is 0 Å². The van der Waals surface area contributed by atoms with Crippen LogP contribution in [0.4, 0.5) is 0 Å². The van der Waals surface area contributed by atoms with E-state index in [0.29, 0.717) is 0 Å². The van der Waals surface area contributed by atoms with Crippen LogP contribution in [0.1, 0.15) is 0 Å². The highest BCUT2D eigenvalue weighted by molar-refractivity contribution is 5.63. The van der Waals surface area contributed by atoms with Crippen molar-refractivity contribution in [2.75, 3.05) is 0 Å². The molecule has 0 bridgehead atoms. The first-order valence-corrected chi connectivity index (χ1v) is 2.79. The highest BCUT2D eigenvalue weighted by atomic mass is 16.3. The fourth-order valence-corrected chi connectivity index (χ4v) is 0.861. The van der Waals surface area contributed by atoms with Crippen LogP contribution >= 0.6 is 0 Å². The molecule has 0 aromatic rings. The van der Waals surface area contributed by atoms with Crippen molar-refractivity contribution in [3.05, 3.63) is 36.8 Å². The second-order valence-electron chi connectivity index (χ2n) is 1.90. The van der Waals surface area contributed by atoms with Gasteiger partial charge in [0.05, 0.1) is 12.5 Å². The van der Waals surface area contributed by atoms with Crippen LogP contribution in [0.2, 0.25) is 0 Å². The van der Waals surface area contributed by atoms with Gasteiger partial charge in [0.2, 0.25) is 0 Å². The molecule has 0 unspecified atom stereocenters. The lowest BCUT2D eigenvalue weighted by Gasteiger charge is -1.91. The van der Waals surface area contributed by atoms with Crippen molar-refractivity contribution in [2.24, 2.45) is 0 Å². The Morgan fingerprint density at radius 1 is 1.33 bits per heavy atom. The van der Waals surface area contributed by atoms with Crippen molar-refractivity contribution in [1.82, 2.24) is 0 Å². The van der Waals surface area contributed by atoms with Crippen LogP contribution in [-0.2, 0) is 0 Å². The fraction of sp³-hybridized carbons (Fsp3) is 0. The largest absolute Gasteiger partial charge is 0.472 e. The van der Waals surface area contributed by atoms with E-state index in [2.05, 4.69) is 6.07 Å². The van der Waals surface area contributed by atoms with Crippen molar-refractivity contribution in [2.45, 2.75) is 0 Å². The lowest BCUT2D eigenvalue weighted by atomic mass is 10.2. The minimum atomic E-state index is 1.11. The van der Waals surface area contributed by atoms with E-state index >= 15 is 0 Å². The van der Waals surface area contributed by atoms with Crippen molar-refractivity contribution >= 4 is 0 Å². The van der Waals surface area contributed by atoms with E-state index in [1.165, 1.54) is 0 Å². The maximum absolute atomic E-state index is 4.93. The molecule has 0 N–H and O–H groups in total. The molecule has 0 fully saturated rings. The van der Waals surface area contributed by atoms with Crippen LogP contribution in [0.3, 0.4) is 0 Å². The Kier molecular flexibility index (Phi) is 0.833. The van der Waals surface area contributed by atoms with Gasteiger partial charge in [-0.1, -0.05) is 12.1 Å². The molecule has 1 aliphatic carbocycles. The van der Waals surface area contributed by atoms with Gasteiger partial charge in [0.25, 0.3) is 0 Å². The van der Waals surface area contributed by atoms with E-state index in [1.54, 1.807) is 12.5 Å². The Morgan fingerprint density at radius 3 is 3.22 bits per heavy atom. The minimum absolute atomic E-state index is 1.11. The zero-order valence-electron chi connectivity index (χ0n) is 4.79. The molecule has 0 saturated carbocycles.